The molecule has 0 amide bonds. The molecule has 0 aliphatic carbocycles. The molecule has 3 nitrogen and oxygen atoms in total. The SMILES string of the molecule is COc1c(C)cncc1C.N. The van der Waals surface area contributed by atoms with Crippen LogP contribution in [0.15, 0.2) is 12.4 Å². The molecule has 0 aromatic carbocycles. The Morgan fingerprint density at radius 3 is 1.91 bits per heavy atom. The van der Waals surface area contributed by atoms with E-state index in [2.05, 4.69) is 4.98 Å². The summed E-state index contributed by atoms with van der Waals surface area (Å²) in [6.45, 7) is 3.97. The zero-order valence-electron chi connectivity index (χ0n) is 7.22. The Morgan fingerprint density at radius 1 is 1.18 bits per heavy atom. The normalized spacial score (nSPS) is 8.64. The Bertz CT molecular complexity index is 215. The molecule has 62 valence electrons. The maximum absolute atomic E-state index is 5.14. The third-order valence-corrected chi connectivity index (χ3v) is 1.46. The molecule has 0 fully saturated rings. The summed E-state index contributed by atoms with van der Waals surface area (Å²) >= 11 is 0. The number of aryl methyl sites for hydroxylation is 2. The van der Waals surface area contributed by atoms with Gasteiger partial charge >= 0.3 is 0 Å². The maximum Gasteiger partial charge on any atom is 0.127 e. The molecule has 3 heteroatoms. The van der Waals surface area contributed by atoms with Crippen molar-refractivity contribution in [2.45, 2.75) is 13.8 Å². The van der Waals surface area contributed by atoms with Crippen molar-refractivity contribution >= 4 is 0 Å². The van der Waals surface area contributed by atoms with E-state index >= 15 is 0 Å². The van der Waals surface area contributed by atoms with Gasteiger partial charge in [-0.3, -0.25) is 4.98 Å². The highest BCUT2D eigenvalue weighted by Crippen LogP contribution is 2.19. The van der Waals surface area contributed by atoms with Crippen LogP contribution in [-0.4, -0.2) is 12.1 Å². The zero-order valence-corrected chi connectivity index (χ0v) is 7.22. The summed E-state index contributed by atoms with van der Waals surface area (Å²) in [5.74, 6) is 0.940. The lowest BCUT2D eigenvalue weighted by atomic mass is 10.2. The van der Waals surface area contributed by atoms with Gasteiger partial charge in [0.05, 0.1) is 7.11 Å². The molecule has 0 radical (unpaired) electrons. The van der Waals surface area contributed by atoms with Crippen LogP contribution in [0.2, 0.25) is 0 Å². The van der Waals surface area contributed by atoms with Crippen LogP contribution in [-0.2, 0) is 0 Å². The maximum atomic E-state index is 5.14. The van der Waals surface area contributed by atoms with E-state index in [1.54, 1.807) is 19.5 Å². The van der Waals surface area contributed by atoms with Crippen molar-refractivity contribution in [2.75, 3.05) is 7.11 Å². The first kappa shape index (κ1) is 9.91. The van der Waals surface area contributed by atoms with Crippen molar-refractivity contribution in [2.24, 2.45) is 0 Å². The lowest BCUT2D eigenvalue weighted by Gasteiger charge is -2.05. The Morgan fingerprint density at radius 2 is 1.64 bits per heavy atom. The first-order valence-electron chi connectivity index (χ1n) is 3.21. The van der Waals surface area contributed by atoms with E-state index in [9.17, 15) is 0 Å². The molecule has 1 heterocycles. The van der Waals surface area contributed by atoms with Crippen LogP contribution in [0, 0.1) is 13.8 Å². The molecule has 0 atom stereocenters. The lowest BCUT2D eigenvalue weighted by molar-refractivity contribution is 0.408. The van der Waals surface area contributed by atoms with E-state index in [0.717, 1.165) is 16.9 Å². The van der Waals surface area contributed by atoms with Gasteiger partial charge in [0.25, 0.3) is 0 Å². The monoisotopic (exact) mass is 154 g/mol. The molecule has 0 bridgehead atoms. The van der Waals surface area contributed by atoms with Gasteiger partial charge < -0.3 is 10.9 Å². The summed E-state index contributed by atoms with van der Waals surface area (Å²) in [5.41, 5.74) is 2.17. The second-order valence-electron chi connectivity index (χ2n) is 2.31. The molecule has 3 N–H and O–H groups in total. The lowest BCUT2D eigenvalue weighted by Crippen LogP contribution is -1.91. The molecule has 1 aromatic rings. The Labute approximate surface area is 67.0 Å². The summed E-state index contributed by atoms with van der Waals surface area (Å²) in [6.07, 6.45) is 3.59. The number of methoxy groups -OCH3 is 1. The third kappa shape index (κ3) is 1.91. The molecule has 1 aromatic heterocycles. The number of hydrogen-bond donors (Lipinski definition) is 1. The summed E-state index contributed by atoms with van der Waals surface area (Å²) in [4.78, 5) is 4.01. The van der Waals surface area contributed by atoms with Crippen LogP contribution in [0.4, 0.5) is 0 Å². The summed E-state index contributed by atoms with van der Waals surface area (Å²) in [5, 5.41) is 0. The predicted molar refractivity (Wildman–Crippen MR) is 45.3 cm³/mol. The smallest absolute Gasteiger partial charge is 0.127 e. The van der Waals surface area contributed by atoms with Gasteiger partial charge in [-0.1, -0.05) is 0 Å². The fourth-order valence-corrected chi connectivity index (χ4v) is 1.01. The highest BCUT2D eigenvalue weighted by Gasteiger charge is 1.99. The van der Waals surface area contributed by atoms with E-state index in [-0.39, 0.29) is 6.15 Å². The molecule has 11 heavy (non-hydrogen) atoms. The largest absolute Gasteiger partial charge is 0.496 e. The van der Waals surface area contributed by atoms with Crippen LogP contribution in [0.25, 0.3) is 0 Å². The standard InChI is InChI=1S/C8H11NO.H3N/c1-6-4-9-5-7(2)8(6)10-3;/h4-5H,1-3H3;1H3. The van der Waals surface area contributed by atoms with Gasteiger partial charge in [0, 0.05) is 23.5 Å². The van der Waals surface area contributed by atoms with Crippen molar-refractivity contribution < 1.29 is 4.74 Å². The van der Waals surface area contributed by atoms with Gasteiger partial charge in [-0.2, -0.15) is 0 Å². The third-order valence-electron chi connectivity index (χ3n) is 1.46. The van der Waals surface area contributed by atoms with E-state index in [4.69, 9.17) is 4.74 Å². The van der Waals surface area contributed by atoms with Crippen molar-refractivity contribution in [1.82, 2.24) is 11.1 Å². The number of pyridine rings is 1. The number of ether oxygens (including phenoxy) is 1. The van der Waals surface area contributed by atoms with Crippen LogP contribution in [0.5, 0.6) is 5.75 Å². The minimum Gasteiger partial charge on any atom is -0.496 e. The number of nitrogens with zero attached hydrogens (tertiary/aromatic N) is 1. The first-order chi connectivity index (χ1) is 4.75. The summed E-state index contributed by atoms with van der Waals surface area (Å²) in [7, 11) is 1.68. The topological polar surface area (TPSA) is 57.1 Å². The quantitative estimate of drug-likeness (QED) is 0.671. The van der Waals surface area contributed by atoms with Crippen molar-refractivity contribution in [3.05, 3.63) is 23.5 Å². The highest BCUT2D eigenvalue weighted by atomic mass is 16.5. The Balaban J connectivity index is 0.000001000. The molecule has 0 saturated heterocycles. The number of rotatable bonds is 1. The van der Waals surface area contributed by atoms with Gasteiger partial charge in [0.15, 0.2) is 0 Å². The Hall–Kier alpha value is -1.09. The van der Waals surface area contributed by atoms with Crippen molar-refractivity contribution in [1.29, 1.82) is 0 Å². The number of hydrogen-bond acceptors (Lipinski definition) is 3. The Kier molecular flexibility index (Phi) is 3.54. The van der Waals surface area contributed by atoms with Crippen LogP contribution in [0.3, 0.4) is 0 Å². The highest BCUT2D eigenvalue weighted by molar-refractivity contribution is 5.36. The van der Waals surface area contributed by atoms with Gasteiger partial charge in [0.2, 0.25) is 0 Å². The molecule has 1 rings (SSSR count). The van der Waals surface area contributed by atoms with Crippen LogP contribution < -0.4 is 10.9 Å². The molecule has 0 saturated carbocycles. The average molecular weight is 154 g/mol. The van der Waals surface area contributed by atoms with Crippen molar-refractivity contribution in [3.63, 3.8) is 0 Å². The molecule has 0 unspecified atom stereocenters. The van der Waals surface area contributed by atoms with Gasteiger partial charge in [-0.25, -0.2) is 0 Å². The van der Waals surface area contributed by atoms with Crippen molar-refractivity contribution in [3.8, 4) is 5.75 Å². The fourth-order valence-electron chi connectivity index (χ4n) is 1.01. The molecular weight excluding hydrogens is 140 g/mol. The molecular formula is C8H14N2O. The minimum absolute atomic E-state index is 0. The molecule has 0 aliphatic rings. The van der Waals surface area contributed by atoms with Crippen LogP contribution >= 0.6 is 0 Å². The summed E-state index contributed by atoms with van der Waals surface area (Å²) < 4.78 is 5.14. The predicted octanol–water partition coefficient (Wildman–Crippen LogP) is 1.87. The average Bonchev–Trinajstić information content (AvgIpc) is 1.88. The second-order valence-corrected chi connectivity index (χ2v) is 2.31. The van der Waals surface area contributed by atoms with Gasteiger partial charge in [-0.05, 0) is 13.8 Å². The van der Waals surface area contributed by atoms with E-state index < -0.39 is 0 Å². The van der Waals surface area contributed by atoms with Crippen LogP contribution in [0.1, 0.15) is 11.1 Å². The van der Waals surface area contributed by atoms with Gasteiger partial charge in [-0.15, -0.1) is 0 Å². The fraction of sp³-hybridized carbons (Fsp3) is 0.375. The van der Waals surface area contributed by atoms with E-state index in [1.807, 2.05) is 13.8 Å². The summed E-state index contributed by atoms with van der Waals surface area (Å²) in [6, 6.07) is 0. The second kappa shape index (κ2) is 3.93. The number of aromatic nitrogens is 1. The van der Waals surface area contributed by atoms with Gasteiger partial charge in [0.1, 0.15) is 5.75 Å². The first-order valence-corrected chi connectivity index (χ1v) is 3.21. The molecule has 0 aliphatic heterocycles. The van der Waals surface area contributed by atoms with E-state index in [1.165, 1.54) is 0 Å². The molecule has 0 spiro atoms. The minimum atomic E-state index is 0. The zero-order chi connectivity index (χ0) is 7.56. The van der Waals surface area contributed by atoms with E-state index in [0.29, 0.717) is 0 Å².